The third kappa shape index (κ3) is 3.18. The van der Waals surface area contributed by atoms with Crippen molar-refractivity contribution in [2.24, 2.45) is 0 Å². The fourth-order valence-corrected chi connectivity index (χ4v) is 2.79. The molecule has 0 aliphatic carbocycles. The Hall–Kier alpha value is -3.15. The van der Waals surface area contributed by atoms with Gasteiger partial charge in [-0.05, 0) is 24.6 Å². The molecule has 0 spiro atoms. The van der Waals surface area contributed by atoms with Crippen molar-refractivity contribution in [3.8, 4) is 5.75 Å². The van der Waals surface area contributed by atoms with Gasteiger partial charge in [-0.3, -0.25) is 9.36 Å². The van der Waals surface area contributed by atoms with Crippen molar-refractivity contribution in [2.75, 3.05) is 7.11 Å². The molecule has 5 nitrogen and oxygen atoms in total. The number of hydrogen-bond donors (Lipinski definition) is 0. The molecular formula is C20H18FNO4. The van der Waals surface area contributed by atoms with Crippen LogP contribution in [0.15, 0.2) is 54.7 Å². The van der Waals surface area contributed by atoms with Gasteiger partial charge in [0.05, 0.1) is 18.2 Å². The molecular weight excluding hydrogens is 337 g/mol. The molecule has 0 amide bonds. The minimum absolute atomic E-state index is 0.0114. The van der Waals surface area contributed by atoms with E-state index in [0.717, 1.165) is 0 Å². The van der Waals surface area contributed by atoms with Crippen LogP contribution in [0.4, 0.5) is 4.39 Å². The summed E-state index contributed by atoms with van der Waals surface area (Å²) in [6.45, 7) is 1.77. The minimum atomic E-state index is -0.895. The van der Waals surface area contributed by atoms with Crippen LogP contribution in [0.5, 0.6) is 5.75 Å². The quantitative estimate of drug-likeness (QED) is 0.648. The van der Waals surface area contributed by atoms with Crippen LogP contribution in [0.1, 0.15) is 28.5 Å². The Morgan fingerprint density at radius 2 is 1.81 bits per heavy atom. The molecule has 0 radical (unpaired) electrons. The Labute approximate surface area is 149 Å². The van der Waals surface area contributed by atoms with Gasteiger partial charge in [-0.2, -0.15) is 0 Å². The van der Waals surface area contributed by atoms with Crippen LogP contribution in [-0.2, 0) is 4.74 Å². The maximum Gasteiger partial charge on any atom is 0.340 e. The van der Waals surface area contributed by atoms with Gasteiger partial charge in [0.2, 0.25) is 0 Å². The fourth-order valence-electron chi connectivity index (χ4n) is 2.79. The molecule has 3 rings (SSSR count). The average molecular weight is 355 g/mol. The van der Waals surface area contributed by atoms with E-state index in [0.29, 0.717) is 17.3 Å². The van der Waals surface area contributed by atoms with Crippen LogP contribution in [0.2, 0.25) is 0 Å². The zero-order valence-electron chi connectivity index (χ0n) is 14.4. The lowest BCUT2D eigenvalue weighted by atomic mass is 10.2. The molecule has 0 N–H and O–H groups in total. The molecule has 0 aliphatic rings. The first-order valence-corrected chi connectivity index (χ1v) is 8.20. The highest BCUT2D eigenvalue weighted by Crippen LogP contribution is 2.24. The predicted octanol–water partition coefficient (Wildman–Crippen LogP) is 4.06. The maximum atomic E-state index is 13.9. The Balaban J connectivity index is 2.00. The molecule has 0 saturated heterocycles. The smallest absolute Gasteiger partial charge is 0.340 e. The Bertz CT molecular complexity index is 963. The highest BCUT2D eigenvalue weighted by Gasteiger charge is 2.25. The molecule has 0 fully saturated rings. The van der Waals surface area contributed by atoms with Gasteiger partial charge in [0.15, 0.2) is 17.7 Å². The SMILES string of the molecule is CCC(Oc1ccccc1F)C(=O)n1cc(C(=O)OC)c2ccccc21. The highest BCUT2D eigenvalue weighted by molar-refractivity contribution is 6.07. The van der Waals surface area contributed by atoms with Crippen LogP contribution in [0.25, 0.3) is 10.9 Å². The normalized spacial score (nSPS) is 12.0. The fraction of sp³-hybridized carbons (Fsp3) is 0.200. The van der Waals surface area contributed by atoms with Crippen LogP contribution in [0.3, 0.4) is 0 Å². The van der Waals surface area contributed by atoms with Gasteiger partial charge in [0.25, 0.3) is 5.91 Å². The molecule has 1 heterocycles. The number of aromatic nitrogens is 1. The van der Waals surface area contributed by atoms with Gasteiger partial charge >= 0.3 is 5.97 Å². The third-order valence-corrected chi connectivity index (χ3v) is 4.11. The first-order chi connectivity index (χ1) is 12.6. The van der Waals surface area contributed by atoms with Crippen LogP contribution in [-0.4, -0.2) is 29.7 Å². The molecule has 0 bridgehead atoms. The Morgan fingerprint density at radius 1 is 1.12 bits per heavy atom. The number of carbonyl (C=O) groups excluding carboxylic acids is 2. The number of esters is 1. The van der Waals surface area contributed by atoms with Gasteiger partial charge in [-0.1, -0.05) is 37.3 Å². The van der Waals surface area contributed by atoms with E-state index in [2.05, 4.69) is 0 Å². The van der Waals surface area contributed by atoms with E-state index in [9.17, 15) is 14.0 Å². The lowest BCUT2D eigenvalue weighted by Gasteiger charge is -2.17. The number of fused-ring (bicyclic) bond motifs is 1. The van der Waals surface area contributed by atoms with Crippen LogP contribution < -0.4 is 4.74 Å². The number of benzene rings is 2. The summed E-state index contributed by atoms with van der Waals surface area (Å²) in [6.07, 6.45) is 0.882. The number of methoxy groups -OCH3 is 1. The Kier molecular flexibility index (Phi) is 5.02. The second-order valence-corrected chi connectivity index (χ2v) is 5.70. The van der Waals surface area contributed by atoms with E-state index in [1.165, 1.54) is 30.0 Å². The van der Waals surface area contributed by atoms with E-state index in [-0.39, 0.29) is 17.2 Å². The summed E-state index contributed by atoms with van der Waals surface area (Å²) in [4.78, 5) is 25.0. The van der Waals surface area contributed by atoms with Crippen LogP contribution in [0, 0.1) is 5.82 Å². The van der Waals surface area contributed by atoms with Crippen LogP contribution >= 0.6 is 0 Å². The van der Waals surface area contributed by atoms with Gasteiger partial charge in [-0.15, -0.1) is 0 Å². The van der Waals surface area contributed by atoms with E-state index in [1.54, 1.807) is 43.3 Å². The van der Waals surface area contributed by atoms with E-state index < -0.39 is 17.9 Å². The summed E-state index contributed by atoms with van der Waals surface area (Å²) < 4.78 is 25.6. The summed E-state index contributed by atoms with van der Waals surface area (Å²) >= 11 is 0. The minimum Gasteiger partial charge on any atom is -0.478 e. The standard InChI is InChI=1S/C20H18FNO4/c1-3-17(26-18-11-7-5-9-15(18)21)19(23)22-12-14(20(24)25-2)13-8-4-6-10-16(13)22/h4-12,17H,3H2,1-2H3. The second kappa shape index (κ2) is 7.39. The first kappa shape index (κ1) is 17.7. The number of halogens is 1. The summed E-state index contributed by atoms with van der Waals surface area (Å²) in [6, 6.07) is 12.9. The highest BCUT2D eigenvalue weighted by atomic mass is 19.1. The molecule has 1 aromatic heterocycles. The van der Waals surface area contributed by atoms with E-state index in [1.807, 2.05) is 0 Å². The number of nitrogens with zero attached hydrogens (tertiary/aromatic N) is 1. The van der Waals surface area contributed by atoms with Gasteiger partial charge in [0.1, 0.15) is 0 Å². The van der Waals surface area contributed by atoms with Gasteiger partial charge in [-0.25, -0.2) is 9.18 Å². The van der Waals surface area contributed by atoms with Crippen molar-refractivity contribution < 1.29 is 23.5 Å². The summed E-state index contributed by atoms with van der Waals surface area (Å²) in [5, 5.41) is 0.605. The van der Waals surface area contributed by atoms with Crippen molar-refractivity contribution >= 4 is 22.8 Å². The van der Waals surface area contributed by atoms with E-state index >= 15 is 0 Å². The second-order valence-electron chi connectivity index (χ2n) is 5.70. The van der Waals surface area contributed by atoms with Crippen molar-refractivity contribution in [2.45, 2.75) is 19.4 Å². The Morgan fingerprint density at radius 3 is 2.50 bits per heavy atom. The monoisotopic (exact) mass is 355 g/mol. The largest absolute Gasteiger partial charge is 0.478 e. The molecule has 26 heavy (non-hydrogen) atoms. The van der Waals surface area contributed by atoms with Crippen molar-refractivity contribution in [1.82, 2.24) is 4.57 Å². The number of ether oxygens (including phenoxy) is 2. The van der Waals surface area contributed by atoms with Gasteiger partial charge < -0.3 is 9.47 Å². The number of hydrogen-bond acceptors (Lipinski definition) is 4. The topological polar surface area (TPSA) is 57.5 Å². The van der Waals surface area contributed by atoms with Crippen molar-refractivity contribution in [3.05, 3.63) is 66.1 Å². The molecule has 2 aromatic carbocycles. The zero-order valence-corrected chi connectivity index (χ0v) is 14.4. The zero-order chi connectivity index (χ0) is 18.7. The summed E-state index contributed by atoms with van der Waals surface area (Å²) in [5.41, 5.74) is 0.852. The summed E-state index contributed by atoms with van der Waals surface area (Å²) in [7, 11) is 1.28. The van der Waals surface area contributed by atoms with E-state index in [4.69, 9.17) is 9.47 Å². The molecule has 134 valence electrons. The third-order valence-electron chi connectivity index (χ3n) is 4.11. The first-order valence-electron chi connectivity index (χ1n) is 8.20. The number of carbonyl (C=O) groups is 2. The number of para-hydroxylation sites is 2. The van der Waals surface area contributed by atoms with Crippen molar-refractivity contribution in [3.63, 3.8) is 0 Å². The predicted molar refractivity (Wildman–Crippen MR) is 95.0 cm³/mol. The van der Waals surface area contributed by atoms with Gasteiger partial charge in [0, 0.05) is 11.6 Å². The molecule has 0 aliphatic heterocycles. The molecule has 3 aromatic rings. The lowest BCUT2D eigenvalue weighted by Crippen LogP contribution is -2.31. The molecule has 6 heteroatoms. The molecule has 1 atom stereocenters. The van der Waals surface area contributed by atoms with Crippen molar-refractivity contribution in [1.29, 1.82) is 0 Å². The average Bonchev–Trinajstić information content (AvgIpc) is 3.06. The molecule has 0 saturated carbocycles. The number of rotatable bonds is 5. The summed E-state index contributed by atoms with van der Waals surface area (Å²) in [5.74, 6) is -1.44. The lowest BCUT2D eigenvalue weighted by molar-refractivity contribution is 0.0602. The molecule has 1 unspecified atom stereocenters. The maximum absolute atomic E-state index is 13.9.